The van der Waals surface area contributed by atoms with Crippen molar-refractivity contribution in [3.8, 4) is 11.3 Å². The Morgan fingerprint density at radius 1 is 1.15 bits per heavy atom. The third-order valence-electron chi connectivity index (χ3n) is 7.63. The number of aryl methyl sites for hydroxylation is 1. The lowest BCUT2D eigenvalue weighted by molar-refractivity contribution is 0.0933. The molecule has 6 rings (SSSR count). The predicted molar refractivity (Wildman–Crippen MR) is 151 cm³/mol. The first-order chi connectivity index (χ1) is 19.2. The van der Waals surface area contributed by atoms with Crippen LogP contribution in [0.15, 0.2) is 47.3 Å². The standard InChI is InChI=1S/C30H36N8O2/c1-30(2,3)28-36-35-27(40-28)26(39)14-20-10-12-38(16-19-5-6-19)17-22-13-21(7-8-24(20)22)25-9-11-31-29(34-25)33-23-15-32-37(4)18-23/h7-9,11,13,15,18-20H,5-6,10,12,14,16-17H2,1-4H3,(H,31,33,34)/t20-/m0/s1. The molecule has 2 aliphatic rings. The summed E-state index contributed by atoms with van der Waals surface area (Å²) in [4.78, 5) is 25.0. The fourth-order valence-corrected chi connectivity index (χ4v) is 5.29. The molecule has 1 aliphatic heterocycles. The van der Waals surface area contributed by atoms with E-state index in [1.807, 2.05) is 40.1 Å². The number of benzene rings is 1. The summed E-state index contributed by atoms with van der Waals surface area (Å²) in [5, 5.41) is 15.6. The van der Waals surface area contributed by atoms with Crippen LogP contribution in [-0.4, -0.2) is 53.7 Å². The van der Waals surface area contributed by atoms with Crippen LogP contribution >= 0.6 is 0 Å². The summed E-state index contributed by atoms with van der Waals surface area (Å²) in [6.07, 6.45) is 9.28. The largest absolute Gasteiger partial charge is 0.418 e. The number of hydrogen-bond acceptors (Lipinski definition) is 9. The molecule has 1 saturated carbocycles. The number of nitrogens with one attached hydrogen (secondary N) is 1. The molecule has 1 aromatic carbocycles. The quantitative estimate of drug-likeness (QED) is 0.298. The molecule has 10 heteroatoms. The summed E-state index contributed by atoms with van der Waals surface area (Å²) in [6, 6.07) is 8.44. The summed E-state index contributed by atoms with van der Waals surface area (Å²) >= 11 is 0. The third kappa shape index (κ3) is 5.96. The molecule has 0 saturated heterocycles. The van der Waals surface area contributed by atoms with Crippen LogP contribution < -0.4 is 5.32 Å². The van der Waals surface area contributed by atoms with Gasteiger partial charge in [0.2, 0.25) is 17.6 Å². The molecule has 3 aromatic heterocycles. The number of carbonyl (C=O) groups is 1. The molecule has 40 heavy (non-hydrogen) atoms. The van der Waals surface area contributed by atoms with E-state index in [9.17, 15) is 4.79 Å². The van der Waals surface area contributed by atoms with Gasteiger partial charge in [-0.05, 0) is 60.9 Å². The zero-order chi connectivity index (χ0) is 27.9. The fourth-order valence-electron chi connectivity index (χ4n) is 5.29. The van der Waals surface area contributed by atoms with Crippen LogP contribution in [0.4, 0.5) is 11.6 Å². The van der Waals surface area contributed by atoms with E-state index in [4.69, 9.17) is 9.40 Å². The first-order valence-corrected chi connectivity index (χ1v) is 14.0. The molecule has 1 N–H and O–H groups in total. The van der Waals surface area contributed by atoms with Crippen molar-refractivity contribution in [1.29, 1.82) is 0 Å². The molecule has 0 bridgehead atoms. The number of nitrogens with zero attached hydrogens (tertiary/aromatic N) is 7. The van der Waals surface area contributed by atoms with Crippen LogP contribution in [0, 0.1) is 5.92 Å². The highest BCUT2D eigenvalue weighted by atomic mass is 16.4. The molecule has 4 heterocycles. The number of fused-ring (bicyclic) bond motifs is 1. The van der Waals surface area contributed by atoms with Crippen molar-refractivity contribution < 1.29 is 9.21 Å². The van der Waals surface area contributed by atoms with Gasteiger partial charge in [-0.2, -0.15) is 5.10 Å². The average molecular weight is 541 g/mol. The van der Waals surface area contributed by atoms with Crippen LogP contribution in [0.25, 0.3) is 11.3 Å². The van der Waals surface area contributed by atoms with E-state index >= 15 is 0 Å². The summed E-state index contributed by atoms with van der Waals surface area (Å²) in [5.41, 5.74) is 4.87. The maximum absolute atomic E-state index is 13.3. The molecule has 208 valence electrons. The number of carbonyl (C=O) groups excluding carboxylic acids is 1. The van der Waals surface area contributed by atoms with Crippen molar-refractivity contribution in [3.63, 3.8) is 0 Å². The minimum Gasteiger partial charge on any atom is -0.418 e. The van der Waals surface area contributed by atoms with Crippen LogP contribution in [0.5, 0.6) is 0 Å². The van der Waals surface area contributed by atoms with Gasteiger partial charge in [0.25, 0.3) is 5.89 Å². The Labute approximate surface area is 234 Å². The van der Waals surface area contributed by atoms with Gasteiger partial charge in [-0.3, -0.25) is 14.4 Å². The van der Waals surface area contributed by atoms with E-state index in [0.717, 1.165) is 48.9 Å². The number of anilines is 2. The zero-order valence-corrected chi connectivity index (χ0v) is 23.6. The summed E-state index contributed by atoms with van der Waals surface area (Å²) in [6.45, 7) is 8.93. The Balaban J connectivity index is 1.27. The molecule has 1 atom stereocenters. The average Bonchev–Trinajstić information content (AvgIpc) is 3.45. The maximum atomic E-state index is 13.3. The Bertz CT molecular complexity index is 1510. The van der Waals surface area contributed by atoms with Crippen molar-refractivity contribution in [2.75, 3.05) is 18.4 Å². The second kappa shape index (κ2) is 10.6. The molecule has 0 amide bonds. The molecule has 1 aliphatic carbocycles. The Kier molecular flexibility index (Phi) is 6.95. The van der Waals surface area contributed by atoms with Gasteiger partial charge in [0.15, 0.2) is 0 Å². The van der Waals surface area contributed by atoms with Crippen molar-refractivity contribution in [2.24, 2.45) is 13.0 Å². The highest BCUT2D eigenvalue weighted by Crippen LogP contribution is 2.37. The summed E-state index contributed by atoms with van der Waals surface area (Å²) in [7, 11) is 1.87. The normalized spacial score (nSPS) is 17.9. The van der Waals surface area contributed by atoms with Crippen LogP contribution in [-0.2, 0) is 19.0 Å². The van der Waals surface area contributed by atoms with E-state index in [-0.39, 0.29) is 23.0 Å². The van der Waals surface area contributed by atoms with E-state index in [1.165, 1.54) is 24.0 Å². The van der Waals surface area contributed by atoms with Crippen molar-refractivity contribution >= 4 is 17.4 Å². The van der Waals surface area contributed by atoms with Crippen molar-refractivity contribution in [2.45, 2.75) is 64.3 Å². The lowest BCUT2D eigenvalue weighted by Crippen LogP contribution is -2.25. The van der Waals surface area contributed by atoms with Gasteiger partial charge in [0, 0.05) is 49.9 Å². The molecule has 0 radical (unpaired) electrons. The number of Topliss-reactive ketones (excluding diaryl/α,β-unsaturated/α-hetero) is 1. The minimum atomic E-state index is -0.297. The number of rotatable bonds is 8. The highest BCUT2D eigenvalue weighted by molar-refractivity contribution is 5.92. The Morgan fingerprint density at radius 3 is 2.73 bits per heavy atom. The Morgan fingerprint density at radius 2 is 2.00 bits per heavy atom. The van der Waals surface area contributed by atoms with Gasteiger partial charge in [-0.1, -0.05) is 32.9 Å². The molecular formula is C30H36N8O2. The van der Waals surface area contributed by atoms with Gasteiger partial charge in [-0.15, -0.1) is 10.2 Å². The van der Waals surface area contributed by atoms with Gasteiger partial charge in [0.1, 0.15) is 0 Å². The fraction of sp³-hybridized carbons (Fsp3) is 0.467. The lowest BCUT2D eigenvalue weighted by Gasteiger charge is -2.20. The number of hydrogen-bond donors (Lipinski definition) is 1. The highest BCUT2D eigenvalue weighted by Gasteiger charge is 2.31. The molecule has 1 fully saturated rings. The predicted octanol–water partition coefficient (Wildman–Crippen LogP) is 5.27. The molecule has 10 nitrogen and oxygen atoms in total. The molecular weight excluding hydrogens is 504 g/mol. The molecule has 0 spiro atoms. The topological polar surface area (TPSA) is 115 Å². The lowest BCUT2D eigenvalue weighted by atomic mass is 9.87. The first kappa shape index (κ1) is 26.3. The van der Waals surface area contributed by atoms with E-state index in [1.54, 1.807) is 17.1 Å². The van der Waals surface area contributed by atoms with Crippen molar-refractivity contribution in [3.05, 3.63) is 65.8 Å². The second-order valence-corrected chi connectivity index (χ2v) is 12.2. The smallest absolute Gasteiger partial charge is 0.284 e. The molecule has 4 aromatic rings. The van der Waals surface area contributed by atoms with E-state index in [2.05, 4.69) is 48.7 Å². The Hall–Kier alpha value is -3.92. The number of ketones is 1. The van der Waals surface area contributed by atoms with Gasteiger partial charge in [-0.25, -0.2) is 9.97 Å². The van der Waals surface area contributed by atoms with E-state index in [0.29, 0.717) is 18.3 Å². The number of aromatic nitrogens is 6. The van der Waals surface area contributed by atoms with Gasteiger partial charge < -0.3 is 9.73 Å². The maximum Gasteiger partial charge on any atom is 0.284 e. The van der Waals surface area contributed by atoms with Crippen LogP contribution in [0.1, 0.15) is 80.1 Å². The zero-order valence-electron chi connectivity index (χ0n) is 23.6. The molecule has 0 unspecified atom stereocenters. The SMILES string of the molecule is Cn1cc(Nc2nccc(-c3ccc4c(c3)CN(CC3CC3)CC[C@H]4CC(=O)c3nnc(C(C)(C)C)o3)n2)cn1. The first-order valence-electron chi connectivity index (χ1n) is 14.0. The van der Waals surface area contributed by atoms with Crippen LogP contribution in [0.2, 0.25) is 0 Å². The van der Waals surface area contributed by atoms with Gasteiger partial charge in [0.05, 0.1) is 17.6 Å². The van der Waals surface area contributed by atoms with E-state index < -0.39 is 0 Å². The monoisotopic (exact) mass is 540 g/mol. The minimum absolute atomic E-state index is 0.0824. The van der Waals surface area contributed by atoms with Crippen LogP contribution in [0.3, 0.4) is 0 Å². The van der Waals surface area contributed by atoms with Gasteiger partial charge >= 0.3 is 0 Å². The van der Waals surface area contributed by atoms with Crippen molar-refractivity contribution in [1.82, 2.24) is 34.8 Å². The second-order valence-electron chi connectivity index (χ2n) is 12.2. The summed E-state index contributed by atoms with van der Waals surface area (Å²) in [5.74, 6) is 1.89. The summed E-state index contributed by atoms with van der Waals surface area (Å²) < 4.78 is 7.51. The third-order valence-corrected chi connectivity index (χ3v) is 7.63.